The van der Waals surface area contributed by atoms with Crippen molar-refractivity contribution < 1.29 is 9.59 Å². The van der Waals surface area contributed by atoms with Gasteiger partial charge < -0.3 is 16.0 Å². The van der Waals surface area contributed by atoms with Gasteiger partial charge in [0.25, 0.3) is 0 Å². The molecule has 3 rings (SSSR count). The van der Waals surface area contributed by atoms with Gasteiger partial charge >= 0.3 is 0 Å². The van der Waals surface area contributed by atoms with Gasteiger partial charge in [-0.3, -0.25) is 14.5 Å². The molecule has 2 saturated heterocycles. The fraction of sp³-hybridized carbons (Fsp3) is 0.636. The van der Waals surface area contributed by atoms with Crippen LogP contribution in [0.15, 0.2) is 24.3 Å². The molecular formula is C22H36Cl2N4O2. The van der Waals surface area contributed by atoms with Crippen molar-refractivity contribution in [1.82, 2.24) is 10.2 Å². The van der Waals surface area contributed by atoms with Crippen LogP contribution >= 0.6 is 24.8 Å². The van der Waals surface area contributed by atoms with E-state index in [1.54, 1.807) is 0 Å². The van der Waals surface area contributed by atoms with E-state index < -0.39 is 0 Å². The Morgan fingerprint density at radius 3 is 2.03 bits per heavy atom. The maximum absolute atomic E-state index is 12.3. The third kappa shape index (κ3) is 9.65. The summed E-state index contributed by atoms with van der Waals surface area (Å²) in [4.78, 5) is 26.7. The smallest absolute Gasteiger partial charge is 0.238 e. The maximum Gasteiger partial charge on any atom is 0.238 e. The lowest BCUT2D eigenvalue weighted by molar-refractivity contribution is -0.117. The van der Waals surface area contributed by atoms with Crippen LogP contribution in [0.3, 0.4) is 0 Å². The third-order valence-electron chi connectivity index (χ3n) is 5.71. The van der Waals surface area contributed by atoms with Crippen LogP contribution in [-0.4, -0.2) is 49.4 Å². The molecule has 3 N–H and O–H groups in total. The SMILES string of the molecule is Cl.Cl.O=C(CCC1CCNC1)Nc1ccc(NC(=O)CN2CCCCCCC2)cc1. The number of hydrogen-bond donors (Lipinski definition) is 3. The van der Waals surface area contributed by atoms with E-state index in [0.717, 1.165) is 44.0 Å². The molecule has 30 heavy (non-hydrogen) atoms. The van der Waals surface area contributed by atoms with Gasteiger partial charge in [0.15, 0.2) is 0 Å². The highest BCUT2D eigenvalue weighted by atomic mass is 35.5. The highest BCUT2D eigenvalue weighted by molar-refractivity contribution is 5.93. The number of carbonyl (C=O) groups is 2. The number of amides is 2. The molecule has 1 unspecified atom stereocenters. The lowest BCUT2D eigenvalue weighted by Gasteiger charge is -2.23. The molecule has 0 saturated carbocycles. The summed E-state index contributed by atoms with van der Waals surface area (Å²) < 4.78 is 0. The highest BCUT2D eigenvalue weighted by Crippen LogP contribution is 2.17. The third-order valence-corrected chi connectivity index (χ3v) is 5.71. The molecule has 0 radical (unpaired) electrons. The van der Waals surface area contributed by atoms with Crippen molar-refractivity contribution in [2.45, 2.75) is 51.4 Å². The number of halogens is 2. The summed E-state index contributed by atoms with van der Waals surface area (Å²) in [6.45, 7) is 4.56. The summed E-state index contributed by atoms with van der Waals surface area (Å²) in [5, 5.41) is 9.24. The van der Waals surface area contributed by atoms with Crippen molar-refractivity contribution in [3.05, 3.63) is 24.3 Å². The Morgan fingerprint density at radius 2 is 1.47 bits per heavy atom. The quantitative estimate of drug-likeness (QED) is 0.575. The maximum atomic E-state index is 12.3. The number of nitrogens with zero attached hydrogens (tertiary/aromatic N) is 1. The molecule has 2 amide bonds. The molecule has 2 heterocycles. The minimum absolute atomic E-state index is 0. The van der Waals surface area contributed by atoms with Crippen molar-refractivity contribution in [2.24, 2.45) is 5.92 Å². The number of hydrogen-bond acceptors (Lipinski definition) is 4. The molecule has 2 fully saturated rings. The van der Waals surface area contributed by atoms with Crippen molar-refractivity contribution in [1.29, 1.82) is 0 Å². The van der Waals surface area contributed by atoms with E-state index in [4.69, 9.17) is 0 Å². The highest BCUT2D eigenvalue weighted by Gasteiger charge is 2.16. The summed E-state index contributed by atoms with van der Waals surface area (Å²) in [6, 6.07) is 7.39. The Hall–Kier alpha value is -1.34. The summed E-state index contributed by atoms with van der Waals surface area (Å²) in [6.07, 6.45) is 8.87. The minimum atomic E-state index is 0. The molecular weight excluding hydrogens is 423 g/mol. The van der Waals surface area contributed by atoms with Crippen molar-refractivity contribution in [2.75, 3.05) is 43.4 Å². The van der Waals surface area contributed by atoms with Crippen LogP contribution in [0.2, 0.25) is 0 Å². The van der Waals surface area contributed by atoms with Crippen molar-refractivity contribution in [3.63, 3.8) is 0 Å². The van der Waals surface area contributed by atoms with Gasteiger partial charge in [0, 0.05) is 17.8 Å². The van der Waals surface area contributed by atoms with Gasteiger partial charge in [0.2, 0.25) is 11.8 Å². The average Bonchev–Trinajstić information content (AvgIpc) is 3.17. The fourth-order valence-electron chi connectivity index (χ4n) is 4.03. The molecule has 6 nitrogen and oxygen atoms in total. The van der Waals surface area contributed by atoms with E-state index >= 15 is 0 Å². The zero-order valence-corrected chi connectivity index (χ0v) is 19.3. The predicted molar refractivity (Wildman–Crippen MR) is 128 cm³/mol. The van der Waals surface area contributed by atoms with Gasteiger partial charge in [-0.25, -0.2) is 0 Å². The summed E-state index contributed by atoms with van der Waals surface area (Å²) in [7, 11) is 0. The molecule has 8 heteroatoms. The van der Waals surface area contributed by atoms with E-state index in [1.165, 1.54) is 38.5 Å². The Balaban J connectivity index is 0.00000225. The van der Waals surface area contributed by atoms with Crippen LogP contribution in [0.25, 0.3) is 0 Å². The molecule has 1 aromatic rings. The van der Waals surface area contributed by atoms with Gasteiger partial charge in [-0.1, -0.05) is 19.3 Å². The molecule has 0 spiro atoms. The summed E-state index contributed by atoms with van der Waals surface area (Å²) >= 11 is 0. The lowest BCUT2D eigenvalue weighted by Crippen LogP contribution is -2.35. The van der Waals surface area contributed by atoms with E-state index in [1.807, 2.05) is 24.3 Å². The van der Waals surface area contributed by atoms with Crippen molar-refractivity contribution >= 4 is 48.0 Å². The number of nitrogens with one attached hydrogen (secondary N) is 3. The van der Waals surface area contributed by atoms with Crippen LogP contribution in [0, 0.1) is 5.92 Å². The Morgan fingerprint density at radius 1 is 0.900 bits per heavy atom. The van der Waals surface area contributed by atoms with Gasteiger partial charge in [0.1, 0.15) is 0 Å². The standard InChI is InChI=1S/C22H34N4O2.2ClH/c27-21(11-6-18-12-13-23-16-18)24-19-7-9-20(10-8-19)25-22(28)17-26-14-4-2-1-3-5-15-26;;/h7-10,18,23H,1-6,11-17H2,(H,24,27)(H,25,28);2*1H. The first kappa shape index (κ1) is 26.7. The molecule has 2 aliphatic heterocycles. The van der Waals surface area contributed by atoms with Gasteiger partial charge in [0.05, 0.1) is 6.54 Å². The van der Waals surface area contributed by atoms with E-state index in [0.29, 0.717) is 18.9 Å². The summed E-state index contributed by atoms with van der Waals surface area (Å²) in [5.74, 6) is 0.709. The Labute approximate surface area is 192 Å². The second-order valence-electron chi connectivity index (χ2n) is 8.12. The van der Waals surface area contributed by atoms with E-state index in [2.05, 4.69) is 20.9 Å². The average molecular weight is 459 g/mol. The zero-order valence-electron chi connectivity index (χ0n) is 17.7. The first-order valence-corrected chi connectivity index (χ1v) is 10.8. The van der Waals surface area contributed by atoms with Crippen LogP contribution in [-0.2, 0) is 9.59 Å². The molecule has 170 valence electrons. The Bertz CT molecular complexity index is 629. The molecule has 1 aromatic carbocycles. The normalized spacial score (nSPS) is 19.5. The molecule has 0 bridgehead atoms. The second kappa shape index (κ2) is 14.6. The van der Waals surface area contributed by atoms with Crippen LogP contribution < -0.4 is 16.0 Å². The van der Waals surface area contributed by atoms with E-state index in [-0.39, 0.29) is 36.6 Å². The topological polar surface area (TPSA) is 73.5 Å². The van der Waals surface area contributed by atoms with Gasteiger partial charge in [-0.05, 0) is 82.0 Å². The van der Waals surface area contributed by atoms with Gasteiger partial charge in [-0.2, -0.15) is 0 Å². The number of likely N-dealkylation sites (tertiary alicyclic amines) is 1. The second-order valence-corrected chi connectivity index (χ2v) is 8.12. The predicted octanol–water partition coefficient (Wildman–Crippen LogP) is 4.06. The number of rotatable bonds is 7. The first-order valence-electron chi connectivity index (χ1n) is 10.8. The number of anilines is 2. The van der Waals surface area contributed by atoms with E-state index in [9.17, 15) is 9.59 Å². The molecule has 0 aromatic heterocycles. The van der Waals surface area contributed by atoms with Gasteiger partial charge in [-0.15, -0.1) is 24.8 Å². The summed E-state index contributed by atoms with van der Waals surface area (Å²) in [5.41, 5.74) is 1.54. The fourth-order valence-corrected chi connectivity index (χ4v) is 4.03. The number of benzene rings is 1. The first-order chi connectivity index (χ1) is 13.7. The zero-order chi connectivity index (χ0) is 19.6. The van der Waals surface area contributed by atoms with Crippen LogP contribution in [0.1, 0.15) is 51.4 Å². The van der Waals surface area contributed by atoms with Crippen LogP contribution in [0.5, 0.6) is 0 Å². The minimum Gasteiger partial charge on any atom is -0.326 e. The van der Waals surface area contributed by atoms with Crippen molar-refractivity contribution in [3.8, 4) is 0 Å². The molecule has 0 aliphatic carbocycles. The van der Waals surface area contributed by atoms with Crippen LogP contribution in [0.4, 0.5) is 11.4 Å². The molecule has 1 atom stereocenters. The Kier molecular flexibility index (Phi) is 13.0. The largest absolute Gasteiger partial charge is 0.326 e. The molecule has 2 aliphatic rings. The lowest BCUT2D eigenvalue weighted by atomic mass is 10.0. The monoisotopic (exact) mass is 458 g/mol. The number of carbonyl (C=O) groups excluding carboxylic acids is 2.